The molecule has 1 fully saturated rings. The molecule has 9 heteroatoms. The number of nitrogens with zero attached hydrogens (tertiary/aromatic N) is 5. The first kappa shape index (κ1) is 21.1. The summed E-state index contributed by atoms with van der Waals surface area (Å²) in [4.78, 5) is 20.9. The van der Waals surface area contributed by atoms with Crippen molar-refractivity contribution in [3.8, 4) is 5.88 Å². The van der Waals surface area contributed by atoms with Crippen molar-refractivity contribution >= 4 is 23.0 Å². The molecule has 0 radical (unpaired) electrons. The van der Waals surface area contributed by atoms with Gasteiger partial charge in [-0.3, -0.25) is 4.98 Å². The van der Waals surface area contributed by atoms with Crippen LogP contribution in [-0.2, 0) is 17.7 Å². The summed E-state index contributed by atoms with van der Waals surface area (Å²) in [6.07, 6.45) is 8.66. The summed E-state index contributed by atoms with van der Waals surface area (Å²) in [6, 6.07) is 4.08. The zero-order valence-corrected chi connectivity index (χ0v) is 19.4. The SMILES string of the molecule is Cc1c(N2CCc3cnc(Nc4ccnc(C5CCOCC5)c4)nc3C2)cnc2c1NCCO2. The highest BCUT2D eigenvalue weighted by atomic mass is 16.5. The fraction of sp³-hybridized carbons (Fsp3) is 0.440. The van der Waals surface area contributed by atoms with Crippen LogP contribution in [0.1, 0.15) is 41.3 Å². The minimum Gasteiger partial charge on any atom is -0.474 e. The quantitative estimate of drug-likeness (QED) is 0.607. The molecule has 3 aliphatic heterocycles. The van der Waals surface area contributed by atoms with Crippen LogP contribution in [0.4, 0.5) is 23.0 Å². The Kier molecular flexibility index (Phi) is 5.62. The standard InChI is InChI=1S/C25H29N7O2/c1-16-22(14-28-24-23(16)27-7-11-34-24)32-8-3-18-13-29-25(31-21(18)15-32)30-19-2-6-26-20(12-19)17-4-9-33-10-5-17/h2,6,12-14,17,27H,3-5,7-11,15H2,1H3,(H,26,29,30,31). The third-order valence-electron chi connectivity index (χ3n) is 6.88. The van der Waals surface area contributed by atoms with Gasteiger partial charge >= 0.3 is 0 Å². The van der Waals surface area contributed by atoms with Gasteiger partial charge in [-0.05, 0) is 43.9 Å². The molecule has 0 aromatic carbocycles. The molecular formula is C25H29N7O2. The molecule has 2 N–H and O–H groups in total. The summed E-state index contributed by atoms with van der Waals surface area (Å²) in [7, 11) is 0. The number of anilines is 4. The van der Waals surface area contributed by atoms with E-state index in [1.807, 2.05) is 24.7 Å². The van der Waals surface area contributed by atoms with E-state index in [0.29, 0.717) is 24.4 Å². The topological polar surface area (TPSA) is 97.3 Å². The molecule has 6 heterocycles. The molecule has 0 unspecified atom stereocenters. The van der Waals surface area contributed by atoms with Crippen LogP contribution in [0.15, 0.2) is 30.7 Å². The lowest BCUT2D eigenvalue weighted by molar-refractivity contribution is 0.0845. The van der Waals surface area contributed by atoms with Crippen LogP contribution in [-0.4, -0.2) is 52.8 Å². The van der Waals surface area contributed by atoms with E-state index < -0.39 is 0 Å². The predicted molar refractivity (Wildman–Crippen MR) is 130 cm³/mol. The lowest BCUT2D eigenvalue weighted by atomic mass is 9.96. The second-order valence-electron chi connectivity index (χ2n) is 9.04. The molecule has 0 atom stereocenters. The van der Waals surface area contributed by atoms with Crippen molar-refractivity contribution < 1.29 is 9.47 Å². The Labute approximate surface area is 199 Å². The normalized spacial score (nSPS) is 17.9. The Hall–Kier alpha value is -3.46. The molecule has 9 nitrogen and oxygen atoms in total. The number of pyridine rings is 2. The number of ether oxygens (including phenoxy) is 2. The number of aromatic nitrogens is 4. The van der Waals surface area contributed by atoms with E-state index in [0.717, 1.165) is 86.1 Å². The highest BCUT2D eigenvalue weighted by Crippen LogP contribution is 2.36. The Morgan fingerprint density at radius 2 is 2.03 bits per heavy atom. The van der Waals surface area contributed by atoms with Gasteiger partial charge in [0, 0.05) is 61.6 Å². The van der Waals surface area contributed by atoms with Gasteiger partial charge in [-0.25, -0.2) is 15.0 Å². The van der Waals surface area contributed by atoms with Crippen molar-refractivity contribution in [1.82, 2.24) is 19.9 Å². The van der Waals surface area contributed by atoms with E-state index in [4.69, 9.17) is 14.5 Å². The second-order valence-corrected chi connectivity index (χ2v) is 9.04. The summed E-state index contributed by atoms with van der Waals surface area (Å²) in [5.41, 5.74) is 7.59. The second kappa shape index (κ2) is 9.06. The fourth-order valence-corrected chi connectivity index (χ4v) is 4.97. The fourth-order valence-electron chi connectivity index (χ4n) is 4.97. The number of nitrogens with one attached hydrogen (secondary N) is 2. The lowest BCUT2D eigenvalue weighted by Gasteiger charge is -2.32. The van der Waals surface area contributed by atoms with Gasteiger partial charge < -0.3 is 25.0 Å². The van der Waals surface area contributed by atoms with Gasteiger partial charge in [0.25, 0.3) is 0 Å². The molecule has 6 rings (SSSR count). The van der Waals surface area contributed by atoms with Gasteiger partial charge in [-0.2, -0.15) is 0 Å². The maximum atomic E-state index is 5.69. The van der Waals surface area contributed by atoms with Crippen molar-refractivity contribution in [3.05, 3.63) is 53.2 Å². The molecule has 3 aliphatic rings. The average molecular weight is 460 g/mol. The number of rotatable bonds is 4. The largest absolute Gasteiger partial charge is 0.474 e. The van der Waals surface area contributed by atoms with Crippen molar-refractivity contribution in [2.24, 2.45) is 0 Å². The Morgan fingerprint density at radius 1 is 1.12 bits per heavy atom. The number of hydrogen-bond acceptors (Lipinski definition) is 9. The Balaban J connectivity index is 1.21. The molecule has 3 aromatic heterocycles. The number of hydrogen-bond donors (Lipinski definition) is 2. The molecule has 0 amide bonds. The molecular weight excluding hydrogens is 430 g/mol. The van der Waals surface area contributed by atoms with E-state index >= 15 is 0 Å². The smallest absolute Gasteiger partial charge is 0.237 e. The maximum Gasteiger partial charge on any atom is 0.237 e. The van der Waals surface area contributed by atoms with E-state index in [1.54, 1.807) is 0 Å². The van der Waals surface area contributed by atoms with Gasteiger partial charge in [-0.1, -0.05) is 0 Å². The third-order valence-corrected chi connectivity index (χ3v) is 6.88. The van der Waals surface area contributed by atoms with Crippen molar-refractivity contribution in [2.45, 2.75) is 38.6 Å². The maximum absolute atomic E-state index is 5.69. The predicted octanol–water partition coefficient (Wildman–Crippen LogP) is 3.58. The molecule has 34 heavy (non-hydrogen) atoms. The first-order valence-electron chi connectivity index (χ1n) is 12.0. The summed E-state index contributed by atoms with van der Waals surface area (Å²) in [5, 5.41) is 6.82. The molecule has 0 saturated carbocycles. The minimum absolute atomic E-state index is 0.446. The van der Waals surface area contributed by atoms with Gasteiger partial charge in [0.1, 0.15) is 12.3 Å². The van der Waals surface area contributed by atoms with Crippen LogP contribution in [0.25, 0.3) is 0 Å². The molecule has 1 saturated heterocycles. The molecule has 176 valence electrons. The summed E-state index contributed by atoms with van der Waals surface area (Å²) >= 11 is 0. The van der Waals surface area contributed by atoms with Gasteiger partial charge in [0.2, 0.25) is 11.8 Å². The first-order chi connectivity index (χ1) is 16.7. The zero-order chi connectivity index (χ0) is 22.9. The number of fused-ring (bicyclic) bond motifs is 2. The molecule has 0 bridgehead atoms. The van der Waals surface area contributed by atoms with E-state index in [1.165, 1.54) is 5.56 Å². The van der Waals surface area contributed by atoms with Crippen LogP contribution in [0, 0.1) is 6.92 Å². The minimum atomic E-state index is 0.446. The van der Waals surface area contributed by atoms with Crippen LogP contribution < -0.4 is 20.3 Å². The van der Waals surface area contributed by atoms with E-state index in [2.05, 4.69) is 43.5 Å². The van der Waals surface area contributed by atoms with Crippen molar-refractivity contribution in [2.75, 3.05) is 48.4 Å². The molecule has 3 aromatic rings. The van der Waals surface area contributed by atoms with Crippen molar-refractivity contribution in [3.63, 3.8) is 0 Å². The van der Waals surface area contributed by atoms with Crippen molar-refractivity contribution in [1.29, 1.82) is 0 Å². The van der Waals surface area contributed by atoms with Crippen LogP contribution in [0.2, 0.25) is 0 Å². The summed E-state index contributed by atoms with van der Waals surface area (Å²) in [6.45, 7) is 6.81. The monoisotopic (exact) mass is 459 g/mol. The van der Waals surface area contributed by atoms with Gasteiger partial charge in [-0.15, -0.1) is 0 Å². The molecule has 0 spiro atoms. The lowest BCUT2D eigenvalue weighted by Crippen LogP contribution is -2.32. The molecule has 0 aliphatic carbocycles. The first-order valence-corrected chi connectivity index (χ1v) is 12.0. The van der Waals surface area contributed by atoms with Crippen LogP contribution in [0.5, 0.6) is 5.88 Å². The van der Waals surface area contributed by atoms with E-state index in [9.17, 15) is 0 Å². The van der Waals surface area contributed by atoms with Gasteiger partial charge in [0.05, 0.1) is 24.1 Å². The zero-order valence-electron chi connectivity index (χ0n) is 19.4. The highest BCUT2D eigenvalue weighted by Gasteiger charge is 2.24. The Bertz CT molecular complexity index is 1200. The summed E-state index contributed by atoms with van der Waals surface area (Å²) < 4.78 is 11.2. The van der Waals surface area contributed by atoms with E-state index in [-0.39, 0.29) is 0 Å². The van der Waals surface area contributed by atoms with Crippen LogP contribution >= 0.6 is 0 Å². The third kappa shape index (κ3) is 4.11. The van der Waals surface area contributed by atoms with Gasteiger partial charge in [0.15, 0.2) is 0 Å². The highest BCUT2D eigenvalue weighted by molar-refractivity contribution is 5.70. The van der Waals surface area contributed by atoms with Crippen LogP contribution in [0.3, 0.4) is 0 Å². The summed E-state index contributed by atoms with van der Waals surface area (Å²) in [5.74, 6) is 1.75. The average Bonchev–Trinajstić information content (AvgIpc) is 2.89. The Morgan fingerprint density at radius 3 is 2.94 bits per heavy atom.